The molecule has 0 bridgehead atoms. The lowest BCUT2D eigenvalue weighted by molar-refractivity contribution is 0.0793. The van der Waals surface area contributed by atoms with Gasteiger partial charge in [0.2, 0.25) is 5.12 Å². The van der Waals surface area contributed by atoms with E-state index < -0.39 is 0 Å². The first-order chi connectivity index (χ1) is 10.7. The summed E-state index contributed by atoms with van der Waals surface area (Å²) in [7, 11) is 0. The van der Waals surface area contributed by atoms with Gasteiger partial charge in [0.05, 0.1) is 0 Å². The summed E-state index contributed by atoms with van der Waals surface area (Å²) < 4.78 is 0. The Bertz CT molecular complexity index is 657. The molecule has 0 aromatic heterocycles. The third kappa shape index (κ3) is 3.39. The molecule has 1 aliphatic heterocycles. The van der Waals surface area contributed by atoms with Gasteiger partial charge in [-0.1, -0.05) is 60.3 Å². The smallest absolute Gasteiger partial charge is 0.253 e. The zero-order valence-electron chi connectivity index (χ0n) is 12.1. The number of hydrogen-bond donors (Lipinski definition) is 0. The van der Waals surface area contributed by atoms with E-state index in [0.717, 1.165) is 12.0 Å². The fourth-order valence-electron chi connectivity index (χ4n) is 2.57. The first kappa shape index (κ1) is 14.9. The van der Waals surface area contributed by atoms with Gasteiger partial charge in [0, 0.05) is 29.5 Å². The number of benzene rings is 2. The van der Waals surface area contributed by atoms with Gasteiger partial charge < -0.3 is 4.90 Å². The first-order valence-electron chi connectivity index (χ1n) is 7.34. The molecule has 0 saturated carbocycles. The van der Waals surface area contributed by atoms with Gasteiger partial charge in [-0.25, -0.2) is 0 Å². The molecule has 22 heavy (non-hydrogen) atoms. The number of rotatable bonds is 3. The highest BCUT2D eigenvalue weighted by molar-refractivity contribution is 8.14. The van der Waals surface area contributed by atoms with Gasteiger partial charge in [-0.05, 0) is 18.6 Å². The maximum Gasteiger partial charge on any atom is 0.253 e. The Morgan fingerprint density at radius 2 is 1.50 bits per heavy atom. The summed E-state index contributed by atoms with van der Waals surface area (Å²) in [6.45, 7) is 1.35. The molecular weight excluding hydrogens is 294 g/mol. The minimum absolute atomic E-state index is 0.0517. The second-order valence-electron chi connectivity index (χ2n) is 5.30. The Morgan fingerprint density at radius 3 is 2.14 bits per heavy atom. The number of carbonyl (C=O) groups is 2. The van der Waals surface area contributed by atoms with E-state index in [0.29, 0.717) is 18.7 Å². The van der Waals surface area contributed by atoms with Crippen molar-refractivity contribution in [2.24, 2.45) is 0 Å². The van der Waals surface area contributed by atoms with E-state index in [2.05, 4.69) is 0 Å². The fourth-order valence-corrected chi connectivity index (χ4v) is 3.62. The predicted molar refractivity (Wildman–Crippen MR) is 89.1 cm³/mol. The van der Waals surface area contributed by atoms with Crippen LogP contribution < -0.4 is 0 Å². The van der Waals surface area contributed by atoms with Crippen molar-refractivity contribution in [2.75, 3.05) is 13.1 Å². The molecule has 1 amide bonds. The molecule has 0 radical (unpaired) electrons. The van der Waals surface area contributed by atoms with Crippen molar-refractivity contribution in [1.29, 1.82) is 0 Å². The van der Waals surface area contributed by atoms with E-state index in [-0.39, 0.29) is 16.3 Å². The van der Waals surface area contributed by atoms with Crippen LogP contribution in [-0.4, -0.2) is 34.3 Å². The van der Waals surface area contributed by atoms with Crippen molar-refractivity contribution in [3.8, 4) is 0 Å². The van der Waals surface area contributed by atoms with Crippen LogP contribution in [0.15, 0.2) is 60.7 Å². The molecule has 2 aromatic rings. The Morgan fingerprint density at radius 1 is 0.909 bits per heavy atom. The van der Waals surface area contributed by atoms with Crippen molar-refractivity contribution in [1.82, 2.24) is 4.90 Å². The van der Waals surface area contributed by atoms with Gasteiger partial charge in [0.15, 0.2) is 0 Å². The summed E-state index contributed by atoms with van der Waals surface area (Å²) >= 11 is 1.34. The van der Waals surface area contributed by atoms with Crippen LogP contribution in [0.3, 0.4) is 0 Å². The lowest BCUT2D eigenvalue weighted by atomic mass is 10.2. The third-order valence-corrected chi connectivity index (χ3v) is 4.90. The van der Waals surface area contributed by atoms with Gasteiger partial charge in [-0.15, -0.1) is 0 Å². The average Bonchev–Trinajstić information content (AvgIpc) is 3.04. The van der Waals surface area contributed by atoms with Crippen LogP contribution in [0.2, 0.25) is 0 Å². The molecular formula is C18H17NO2S. The number of thioether (sulfide) groups is 1. The molecule has 2 aromatic carbocycles. The molecule has 0 spiro atoms. The molecule has 1 aliphatic rings. The minimum atomic E-state index is 0.0517. The highest BCUT2D eigenvalue weighted by atomic mass is 32.2. The summed E-state index contributed by atoms with van der Waals surface area (Å²) in [5.74, 6) is 0.0517. The summed E-state index contributed by atoms with van der Waals surface area (Å²) in [6, 6.07) is 18.6. The SMILES string of the molecule is O=C(SC1CCN(C(=O)c2ccccc2)C1)c1ccccc1. The second-order valence-corrected chi connectivity index (χ2v) is 6.57. The van der Waals surface area contributed by atoms with Crippen LogP contribution >= 0.6 is 11.8 Å². The predicted octanol–water partition coefficient (Wildman–Crippen LogP) is 3.47. The normalized spacial score (nSPS) is 17.5. The van der Waals surface area contributed by atoms with Gasteiger partial charge in [0.1, 0.15) is 0 Å². The maximum absolute atomic E-state index is 12.4. The second kappa shape index (κ2) is 6.79. The van der Waals surface area contributed by atoms with E-state index in [4.69, 9.17) is 0 Å². The molecule has 3 nitrogen and oxygen atoms in total. The van der Waals surface area contributed by atoms with E-state index >= 15 is 0 Å². The Hall–Kier alpha value is -2.07. The topological polar surface area (TPSA) is 37.4 Å². The van der Waals surface area contributed by atoms with Crippen LogP contribution in [-0.2, 0) is 0 Å². The van der Waals surface area contributed by atoms with Gasteiger partial charge >= 0.3 is 0 Å². The zero-order chi connectivity index (χ0) is 15.4. The lowest BCUT2D eigenvalue weighted by Crippen LogP contribution is -2.29. The molecule has 112 valence electrons. The van der Waals surface area contributed by atoms with Crippen molar-refractivity contribution in [3.05, 3.63) is 71.8 Å². The van der Waals surface area contributed by atoms with E-state index in [9.17, 15) is 9.59 Å². The molecule has 3 rings (SSSR count). The van der Waals surface area contributed by atoms with E-state index in [1.54, 1.807) is 0 Å². The number of nitrogens with zero attached hydrogens (tertiary/aromatic N) is 1. The highest BCUT2D eigenvalue weighted by Gasteiger charge is 2.29. The molecule has 0 aliphatic carbocycles. The van der Waals surface area contributed by atoms with Crippen molar-refractivity contribution < 1.29 is 9.59 Å². The Labute approximate surface area is 134 Å². The Balaban J connectivity index is 1.59. The quantitative estimate of drug-likeness (QED) is 0.871. The van der Waals surface area contributed by atoms with Crippen molar-refractivity contribution in [3.63, 3.8) is 0 Å². The summed E-state index contributed by atoms with van der Waals surface area (Å²) in [5, 5.41) is 0.264. The van der Waals surface area contributed by atoms with Crippen LogP contribution in [0.4, 0.5) is 0 Å². The van der Waals surface area contributed by atoms with Crippen LogP contribution in [0.25, 0.3) is 0 Å². The minimum Gasteiger partial charge on any atom is -0.337 e. The molecule has 1 saturated heterocycles. The summed E-state index contributed by atoms with van der Waals surface area (Å²) in [4.78, 5) is 26.4. The monoisotopic (exact) mass is 311 g/mol. The molecule has 1 fully saturated rings. The third-order valence-electron chi connectivity index (χ3n) is 3.74. The average molecular weight is 311 g/mol. The lowest BCUT2D eigenvalue weighted by Gasteiger charge is -2.16. The number of amides is 1. The van der Waals surface area contributed by atoms with Crippen molar-refractivity contribution in [2.45, 2.75) is 11.7 Å². The molecule has 0 N–H and O–H groups in total. The van der Waals surface area contributed by atoms with Gasteiger partial charge in [-0.2, -0.15) is 0 Å². The molecule has 1 unspecified atom stereocenters. The van der Waals surface area contributed by atoms with Crippen LogP contribution in [0, 0.1) is 0 Å². The standard InChI is InChI=1S/C18H17NO2S/c20-17(14-7-3-1-4-8-14)19-12-11-16(13-19)22-18(21)15-9-5-2-6-10-15/h1-10,16H,11-13H2. The van der Waals surface area contributed by atoms with Crippen molar-refractivity contribution >= 4 is 22.8 Å². The number of likely N-dealkylation sites (tertiary alicyclic amines) is 1. The first-order valence-corrected chi connectivity index (χ1v) is 8.22. The van der Waals surface area contributed by atoms with Gasteiger partial charge in [0.25, 0.3) is 5.91 Å². The Kier molecular flexibility index (Phi) is 4.59. The molecule has 4 heteroatoms. The van der Waals surface area contributed by atoms with E-state index in [1.807, 2.05) is 65.6 Å². The number of carbonyl (C=O) groups excluding carboxylic acids is 2. The maximum atomic E-state index is 12.4. The fraction of sp³-hybridized carbons (Fsp3) is 0.222. The largest absolute Gasteiger partial charge is 0.337 e. The number of hydrogen-bond acceptors (Lipinski definition) is 3. The summed E-state index contributed by atoms with van der Waals surface area (Å²) in [5.41, 5.74) is 1.43. The highest BCUT2D eigenvalue weighted by Crippen LogP contribution is 2.26. The van der Waals surface area contributed by atoms with E-state index in [1.165, 1.54) is 11.8 Å². The molecule has 1 atom stereocenters. The van der Waals surface area contributed by atoms with Crippen LogP contribution in [0.5, 0.6) is 0 Å². The van der Waals surface area contributed by atoms with Crippen LogP contribution in [0.1, 0.15) is 27.1 Å². The van der Waals surface area contributed by atoms with Gasteiger partial charge in [-0.3, -0.25) is 9.59 Å². The zero-order valence-corrected chi connectivity index (χ0v) is 13.0. The summed E-state index contributed by atoms with van der Waals surface area (Å²) in [6.07, 6.45) is 0.863. The molecule has 1 heterocycles.